The third-order valence-electron chi connectivity index (χ3n) is 2.44. The van der Waals surface area contributed by atoms with Crippen molar-refractivity contribution in [3.63, 3.8) is 0 Å². The highest BCUT2D eigenvalue weighted by molar-refractivity contribution is 9.10. The Morgan fingerprint density at radius 1 is 1.43 bits per heavy atom. The fraction of sp³-hybridized carbons (Fsp3) is 0.500. The zero-order valence-electron chi connectivity index (χ0n) is 12.5. The van der Waals surface area contributed by atoms with Gasteiger partial charge in [0.05, 0.1) is 19.6 Å². The highest BCUT2D eigenvalue weighted by Gasteiger charge is 2.23. The van der Waals surface area contributed by atoms with E-state index in [1.165, 1.54) is 7.11 Å². The first-order valence-electron chi connectivity index (χ1n) is 6.39. The van der Waals surface area contributed by atoms with Gasteiger partial charge in [-0.2, -0.15) is 0 Å². The summed E-state index contributed by atoms with van der Waals surface area (Å²) in [5.74, 6) is -0.427. The highest BCUT2D eigenvalue weighted by atomic mass is 79.9. The number of nitrogens with one attached hydrogen (secondary N) is 1. The molecule has 0 fully saturated rings. The minimum atomic E-state index is -0.612. The Morgan fingerprint density at radius 3 is 2.62 bits per heavy atom. The summed E-state index contributed by atoms with van der Waals surface area (Å²) in [5.41, 5.74) is 0.117. The van der Waals surface area contributed by atoms with Crippen LogP contribution in [0.1, 0.15) is 38.8 Å². The SMILES string of the molecule is COC(=O)CC(NC(=O)OC(C)(C)C)c1ccnc(Br)c1. The number of ether oxygens (including phenoxy) is 2. The molecule has 1 rings (SSSR count). The van der Waals surface area contributed by atoms with Crippen LogP contribution in [-0.2, 0) is 14.3 Å². The molecule has 1 atom stereocenters. The lowest BCUT2D eigenvalue weighted by atomic mass is 10.1. The van der Waals surface area contributed by atoms with E-state index in [1.807, 2.05) is 0 Å². The Kier molecular flexibility index (Phi) is 6.14. The fourth-order valence-electron chi connectivity index (χ4n) is 1.59. The van der Waals surface area contributed by atoms with Crippen LogP contribution in [0.15, 0.2) is 22.9 Å². The van der Waals surface area contributed by atoms with Crippen LogP contribution in [0.2, 0.25) is 0 Å². The minimum Gasteiger partial charge on any atom is -0.469 e. The molecule has 0 saturated heterocycles. The molecule has 0 aliphatic rings. The van der Waals surface area contributed by atoms with Gasteiger partial charge in [-0.05, 0) is 54.4 Å². The molecule has 0 spiro atoms. The van der Waals surface area contributed by atoms with Gasteiger partial charge in [0.2, 0.25) is 0 Å². The molecule has 0 aliphatic heterocycles. The van der Waals surface area contributed by atoms with Gasteiger partial charge in [0.1, 0.15) is 10.2 Å². The third kappa shape index (κ3) is 6.57. The maximum atomic E-state index is 11.9. The summed E-state index contributed by atoms with van der Waals surface area (Å²) in [6.07, 6.45) is 0.997. The van der Waals surface area contributed by atoms with Gasteiger partial charge >= 0.3 is 12.1 Å². The molecule has 1 amide bonds. The van der Waals surface area contributed by atoms with Gasteiger partial charge in [-0.1, -0.05) is 0 Å². The molecule has 116 valence electrons. The van der Waals surface area contributed by atoms with Gasteiger partial charge in [-0.3, -0.25) is 4.79 Å². The van der Waals surface area contributed by atoms with Gasteiger partial charge < -0.3 is 14.8 Å². The van der Waals surface area contributed by atoms with Crippen molar-refractivity contribution >= 4 is 28.0 Å². The second-order valence-corrected chi connectivity index (χ2v) is 6.20. The number of rotatable bonds is 4. The molecule has 1 N–H and O–H groups in total. The van der Waals surface area contributed by atoms with Crippen molar-refractivity contribution in [3.8, 4) is 0 Å². The average Bonchev–Trinajstić information content (AvgIpc) is 2.35. The molecule has 1 aromatic heterocycles. The van der Waals surface area contributed by atoms with Crippen molar-refractivity contribution in [2.75, 3.05) is 7.11 Å². The van der Waals surface area contributed by atoms with Gasteiger partial charge in [0.15, 0.2) is 0 Å². The zero-order chi connectivity index (χ0) is 16.0. The largest absolute Gasteiger partial charge is 0.469 e. The number of esters is 1. The van der Waals surface area contributed by atoms with E-state index < -0.39 is 23.7 Å². The highest BCUT2D eigenvalue weighted by Crippen LogP contribution is 2.20. The number of halogens is 1. The van der Waals surface area contributed by atoms with E-state index in [2.05, 4.69) is 31.0 Å². The van der Waals surface area contributed by atoms with Crippen LogP contribution < -0.4 is 5.32 Å². The number of carbonyl (C=O) groups is 2. The molecular weight excluding hydrogens is 340 g/mol. The van der Waals surface area contributed by atoms with Crippen LogP contribution in [0.25, 0.3) is 0 Å². The van der Waals surface area contributed by atoms with Crippen LogP contribution in [0.3, 0.4) is 0 Å². The Bertz CT molecular complexity index is 514. The maximum Gasteiger partial charge on any atom is 0.408 e. The van der Waals surface area contributed by atoms with Gasteiger partial charge in [-0.25, -0.2) is 9.78 Å². The molecule has 1 heterocycles. The van der Waals surface area contributed by atoms with Crippen molar-refractivity contribution in [1.29, 1.82) is 0 Å². The molecule has 1 aromatic rings. The molecule has 1 unspecified atom stereocenters. The number of aromatic nitrogens is 1. The molecule has 21 heavy (non-hydrogen) atoms. The van der Waals surface area contributed by atoms with Crippen LogP contribution in [0.5, 0.6) is 0 Å². The normalized spacial score (nSPS) is 12.4. The topological polar surface area (TPSA) is 77.5 Å². The predicted molar refractivity (Wildman–Crippen MR) is 80.7 cm³/mol. The number of amides is 1. The molecule has 0 radical (unpaired) electrons. The van der Waals surface area contributed by atoms with Crippen molar-refractivity contribution < 1.29 is 19.1 Å². The Balaban J connectivity index is 2.87. The molecule has 0 bridgehead atoms. The number of alkyl carbamates (subject to hydrolysis) is 1. The lowest BCUT2D eigenvalue weighted by Gasteiger charge is -2.23. The third-order valence-corrected chi connectivity index (χ3v) is 2.88. The van der Waals surface area contributed by atoms with E-state index in [9.17, 15) is 9.59 Å². The van der Waals surface area contributed by atoms with Crippen LogP contribution in [-0.4, -0.2) is 29.8 Å². The summed E-state index contributed by atoms with van der Waals surface area (Å²) >= 11 is 3.26. The standard InChI is InChI=1S/C14H19BrN2O4/c1-14(2,3)21-13(19)17-10(8-12(18)20-4)9-5-6-16-11(15)7-9/h5-7,10H,8H2,1-4H3,(H,17,19). The molecule has 6 nitrogen and oxygen atoms in total. The number of carbonyl (C=O) groups excluding carboxylic acids is 2. The van der Waals surface area contributed by atoms with Crippen molar-refractivity contribution in [3.05, 3.63) is 28.5 Å². The number of pyridine rings is 1. The first-order valence-corrected chi connectivity index (χ1v) is 7.18. The fourth-order valence-corrected chi connectivity index (χ4v) is 1.97. The van der Waals surface area contributed by atoms with E-state index >= 15 is 0 Å². The lowest BCUT2D eigenvalue weighted by Crippen LogP contribution is -2.36. The molecule has 7 heteroatoms. The van der Waals surface area contributed by atoms with E-state index in [1.54, 1.807) is 39.1 Å². The van der Waals surface area contributed by atoms with E-state index in [-0.39, 0.29) is 6.42 Å². The smallest absolute Gasteiger partial charge is 0.408 e. The second-order valence-electron chi connectivity index (χ2n) is 5.39. The van der Waals surface area contributed by atoms with Gasteiger partial charge in [-0.15, -0.1) is 0 Å². The van der Waals surface area contributed by atoms with E-state index in [0.717, 1.165) is 5.56 Å². The summed E-state index contributed by atoms with van der Waals surface area (Å²) < 4.78 is 10.5. The van der Waals surface area contributed by atoms with Crippen molar-refractivity contribution in [2.45, 2.75) is 38.8 Å². The van der Waals surface area contributed by atoms with Gasteiger partial charge in [0, 0.05) is 6.20 Å². The summed E-state index contributed by atoms with van der Waals surface area (Å²) in [7, 11) is 1.30. The first-order chi connectivity index (χ1) is 9.71. The van der Waals surface area contributed by atoms with Crippen molar-refractivity contribution in [2.24, 2.45) is 0 Å². The first kappa shape index (κ1) is 17.4. The van der Waals surface area contributed by atoms with Crippen LogP contribution in [0, 0.1) is 0 Å². The summed E-state index contributed by atoms with van der Waals surface area (Å²) in [6, 6.07) is 2.90. The molecule has 0 aromatic carbocycles. The van der Waals surface area contributed by atoms with Crippen LogP contribution in [0.4, 0.5) is 4.79 Å². The Hall–Kier alpha value is -1.63. The van der Waals surface area contributed by atoms with E-state index in [0.29, 0.717) is 4.60 Å². The second kappa shape index (κ2) is 7.40. The molecular formula is C14H19BrN2O4. The van der Waals surface area contributed by atoms with E-state index in [4.69, 9.17) is 4.74 Å². The lowest BCUT2D eigenvalue weighted by molar-refractivity contribution is -0.141. The Labute approximate surface area is 132 Å². The number of hydrogen-bond acceptors (Lipinski definition) is 5. The summed E-state index contributed by atoms with van der Waals surface area (Å²) in [6.45, 7) is 5.31. The number of nitrogens with zero attached hydrogens (tertiary/aromatic N) is 1. The van der Waals surface area contributed by atoms with Crippen LogP contribution >= 0.6 is 15.9 Å². The predicted octanol–water partition coefficient (Wildman–Crippen LogP) is 2.97. The molecule has 0 aliphatic carbocycles. The monoisotopic (exact) mass is 358 g/mol. The van der Waals surface area contributed by atoms with Crippen molar-refractivity contribution in [1.82, 2.24) is 10.3 Å². The van der Waals surface area contributed by atoms with Gasteiger partial charge in [0.25, 0.3) is 0 Å². The minimum absolute atomic E-state index is 0.00615. The maximum absolute atomic E-state index is 11.9. The summed E-state index contributed by atoms with van der Waals surface area (Å²) in [5, 5.41) is 2.67. The average molecular weight is 359 g/mol. The summed E-state index contributed by atoms with van der Waals surface area (Å²) in [4.78, 5) is 27.4. The number of methoxy groups -OCH3 is 1. The zero-order valence-corrected chi connectivity index (χ0v) is 14.1. The number of hydrogen-bond donors (Lipinski definition) is 1. The molecule has 0 saturated carbocycles. The Morgan fingerprint density at radius 2 is 2.10 bits per heavy atom. The quantitative estimate of drug-likeness (QED) is 0.661.